The molecule has 0 spiro atoms. The first-order valence-electron chi connectivity index (χ1n) is 5.66. The highest BCUT2D eigenvalue weighted by Gasteiger charge is 2.34. The first-order valence-corrected chi connectivity index (χ1v) is 7.37. The van der Waals surface area contributed by atoms with Crippen molar-refractivity contribution in [2.75, 3.05) is 5.75 Å². The van der Waals surface area contributed by atoms with E-state index in [2.05, 4.69) is 5.10 Å². The lowest BCUT2D eigenvalue weighted by Gasteiger charge is -2.16. The van der Waals surface area contributed by atoms with Crippen molar-refractivity contribution >= 4 is 15.8 Å². The summed E-state index contributed by atoms with van der Waals surface area (Å²) in [4.78, 5) is 11.0. The van der Waals surface area contributed by atoms with E-state index in [0.717, 1.165) is 5.56 Å². The van der Waals surface area contributed by atoms with Crippen LogP contribution in [0.25, 0.3) is 0 Å². The minimum Gasteiger partial charge on any atom is -0.480 e. The average Bonchev–Trinajstić information content (AvgIpc) is 2.59. The maximum atomic E-state index is 12.0. The molecule has 0 amide bonds. The van der Waals surface area contributed by atoms with Gasteiger partial charge in [-0.15, -0.1) is 0 Å². The normalized spacial score (nSPS) is 13.8. The van der Waals surface area contributed by atoms with Gasteiger partial charge in [0.1, 0.15) is 0 Å². The van der Waals surface area contributed by atoms with Crippen molar-refractivity contribution in [3.63, 3.8) is 0 Å². The maximum absolute atomic E-state index is 12.0. The van der Waals surface area contributed by atoms with Crippen LogP contribution in [0.4, 0.5) is 0 Å². The highest BCUT2D eigenvalue weighted by molar-refractivity contribution is 7.92. The molecule has 0 aromatic carbocycles. The predicted octanol–water partition coefficient (Wildman–Crippen LogP) is 0.487. The summed E-state index contributed by atoms with van der Waals surface area (Å²) in [5, 5.41) is 11.6. The number of sulfone groups is 1. The van der Waals surface area contributed by atoms with Gasteiger partial charge in [-0.1, -0.05) is 13.8 Å². The highest BCUT2D eigenvalue weighted by atomic mass is 32.2. The van der Waals surface area contributed by atoms with Gasteiger partial charge in [-0.2, -0.15) is 5.10 Å². The number of aryl methyl sites for hydroxylation is 2. The second-order valence-corrected chi connectivity index (χ2v) is 6.88. The van der Waals surface area contributed by atoms with Gasteiger partial charge in [-0.3, -0.25) is 9.48 Å². The van der Waals surface area contributed by atoms with E-state index < -0.39 is 27.0 Å². The van der Waals surface area contributed by atoms with Gasteiger partial charge in [-0.25, -0.2) is 8.42 Å². The van der Waals surface area contributed by atoms with Gasteiger partial charge in [-0.05, 0) is 17.9 Å². The third kappa shape index (κ3) is 3.56. The SMILES string of the molecule is CC(C)C(C(=O)O)S(=O)(=O)CCc1cnn(C)c1. The monoisotopic (exact) mass is 274 g/mol. The molecule has 0 saturated heterocycles. The van der Waals surface area contributed by atoms with Crippen molar-refractivity contribution in [1.29, 1.82) is 0 Å². The number of carbonyl (C=O) groups is 1. The van der Waals surface area contributed by atoms with Crippen molar-refractivity contribution in [3.05, 3.63) is 18.0 Å². The molecule has 0 saturated carbocycles. The van der Waals surface area contributed by atoms with Gasteiger partial charge in [0.25, 0.3) is 0 Å². The van der Waals surface area contributed by atoms with E-state index in [4.69, 9.17) is 5.11 Å². The van der Waals surface area contributed by atoms with E-state index in [1.807, 2.05) is 0 Å². The Labute approximate surface area is 107 Å². The fourth-order valence-electron chi connectivity index (χ4n) is 1.84. The van der Waals surface area contributed by atoms with Gasteiger partial charge >= 0.3 is 5.97 Å². The zero-order valence-corrected chi connectivity index (χ0v) is 11.5. The Morgan fingerprint density at radius 2 is 2.11 bits per heavy atom. The molecule has 1 atom stereocenters. The molecule has 1 heterocycles. The number of hydrogen-bond acceptors (Lipinski definition) is 4. The van der Waals surface area contributed by atoms with E-state index in [1.54, 1.807) is 38.0 Å². The second kappa shape index (κ2) is 5.51. The zero-order chi connectivity index (χ0) is 13.9. The summed E-state index contributed by atoms with van der Waals surface area (Å²) in [6.45, 7) is 3.20. The Kier molecular flexibility index (Phi) is 4.50. The predicted molar refractivity (Wildman–Crippen MR) is 67.0 cm³/mol. The molecule has 0 radical (unpaired) electrons. The molecule has 0 aliphatic carbocycles. The van der Waals surface area contributed by atoms with Crippen LogP contribution < -0.4 is 0 Å². The molecule has 0 fully saturated rings. The van der Waals surface area contributed by atoms with Gasteiger partial charge in [0.2, 0.25) is 0 Å². The molecule has 102 valence electrons. The molecule has 1 rings (SSSR count). The number of carboxylic acid groups (broad SMARTS) is 1. The Morgan fingerprint density at radius 1 is 1.50 bits per heavy atom. The van der Waals surface area contributed by atoms with E-state index in [0.29, 0.717) is 0 Å². The van der Waals surface area contributed by atoms with Crippen LogP contribution in [0.3, 0.4) is 0 Å². The summed E-state index contributed by atoms with van der Waals surface area (Å²) < 4.78 is 25.6. The minimum atomic E-state index is -3.65. The van der Waals surface area contributed by atoms with Crippen LogP contribution >= 0.6 is 0 Å². The minimum absolute atomic E-state index is 0.173. The number of aromatic nitrogens is 2. The smallest absolute Gasteiger partial charge is 0.322 e. The molecular weight excluding hydrogens is 256 g/mol. The molecule has 0 aliphatic rings. The van der Waals surface area contributed by atoms with E-state index >= 15 is 0 Å². The first-order chi connectivity index (χ1) is 8.24. The Morgan fingerprint density at radius 3 is 2.50 bits per heavy atom. The molecule has 0 aliphatic heterocycles. The van der Waals surface area contributed by atoms with Crippen LogP contribution in [0.1, 0.15) is 19.4 Å². The Bertz CT molecular complexity index is 519. The topological polar surface area (TPSA) is 89.3 Å². The molecule has 0 bridgehead atoms. The third-order valence-electron chi connectivity index (χ3n) is 2.67. The summed E-state index contributed by atoms with van der Waals surface area (Å²) >= 11 is 0. The van der Waals surface area contributed by atoms with Crippen LogP contribution in [-0.2, 0) is 28.1 Å². The fraction of sp³-hybridized carbons (Fsp3) is 0.636. The molecule has 1 aromatic rings. The van der Waals surface area contributed by atoms with Crippen molar-refractivity contribution in [2.45, 2.75) is 25.5 Å². The summed E-state index contributed by atoms with van der Waals surface area (Å²) in [5.74, 6) is -1.90. The van der Waals surface area contributed by atoms with Gasteiger partial charge in [0.15, 0.2) is 15.1 Å². The van der Waals surface area contributed by atoms with Crippen LogP contribution in [0.5, 0.6) is 0 Å². The van der Waals surface area contributed by atoms with Gasteiger partial charge in [0, 0.05) is 13.2 Å². The quantitative estimate of drug-likeness (QED) is 0.815. The molecule has 1 unspecified atom stereocenters. The number of rotatable bonds is 6. The first kappa shape index (κ1) is 14.7. The third-order valence-corrected chi connectivity index (χ3v) is 4.96. The fourth-order valence-corrected chi connectivity index (χ4v) is 3.75. The summed E-state index contributed by atoms with van der Waals surface area (Å²) in [6, 6.07) is 0. The van der Waals surface area contributed by atoms with E-state index in [-0.39, 0.29) is 12.2 Å². The molecular formula is C11H18N2O4S. The molecule has 6 nitrogen and oxygen atoms in total. The largest absolute Gasteiger partial charge is 0.480 e. The number of aliphatic carboxylic acids is 1. The van der Waals surface area contributed by atoms with Crippen molar-refractivity contribution in [3.8, 4) is 0 Å². The second-order valence-electron chi connectivity index (χ2n) is 4.64. The standard InChI is InChI=1S/C11H18N2O4S/c1-8(2)10(11(14)15)18(16,17)5-4-9-6-12-13(3)7-9/h6-8,10H,4-5H2,1-3H3,(H,14,15). The van der Waals surface area contributed by atoms with Gasteiger partial charge < -0.3 is 5.11 Å². The lowest BCUT2D eigenvalue weighted by atomic mass is 10.1. The molecule has 1 aromatic heterocycles. The summed E-state index contributed by atoms with van der Waals surface area (Å²) in [6.07, 6.45) is 3.59. The zero-order valence-electron chi connectivity index (χ0n) is 10.7. The van der Waals surface area contributed by atoms with Crippen LogP contribution in [0.15, 0.2) is 12.4 Å². The van der Waals surface area contributed by atoms with E-state index in [1.165, 1.54) is 0 Å². The number of nitrogens with zero attached hydrogens (tertiary/aromatic N) is 2. The maximum Gasteiger partial charge on any atom is 0.322 e. The van der Waals surface area contributed by atoms with Crippen molar-refractivity contribution in [1.82, 2.24) is 9.78 Å². The van der Waals surface area contributed by atoms with Crippen molar-refractivity contribution < 1.29 is 18.3 Å². The van der Waals surface area contributed by atoms with Crippen LogP contribution in [0, 0.1) is 5.92 Å². The van der Waals surface area contributed by atoms with Crippen molar-refractivity contribution in [2.24, 2.45) is 13.0 Å². The van der Waals surface area contributed by atoms with E-state index in [9.17, 15) is 13.2 Å². The lowest BCUT2D eigenvalue weighted by molar-refractivity contribution is -0.137. The van der Waals surface area contributed by atoms with Gasteiger partial charge in [0.05, 0.1) is 11.9 Å². The summed E-state index contributed by atoms with van der Waals surface area (Å²) in [5.41, 5.74) is 0.786. The highest BCUT2D eigenvalue weighted by Crippen LogP contribution is 2.15. The molecule has 1 N–H and O–H groups in total. The average molecular weight is 274 g/mol. The lowest BCUT2D eigenvalue weighted by Crippen LogP contribution is -2.37. The number of carboxylic acids is 1. The molecule has 18 heavy (non-hydrogen) atoms. The van der Waals surface area contributed by atoms with Crippen LogP contribution in [0.2, 0.25) is 0 Å². The van der Waals surface area contributed by atoms with Crippen LogP contribution in [-0.4, -0.2) is 40.3 Å². The number of hydrogen-bond donors (Lipinski definition) is 1. The Balaban J connectivity index is 2.78. The Hall–Kier alpha value is -1.37. The summed E-state index contributed by atoms with van der Waals surface area (Å²) in [7, 11) is -1.90. The molecule has 7 heteroatoms.